The van der Waals surface area contributed by atoms with Gasteiger partial charge in [0.2, 0.25) is 0 Å². The first-order valence-electron chi connectivity index (χ1n) is 10.0. The van der Waals surface area contributed by atoms with E-state index in [1.807, 2.05) is 39.2 Å². The minimum absolute atomic E-state index is 0.0717. The van der Waals surface area contributed by atoms with E-state index in [0.29, 0.717) is 18.8 Å². The summed E-state index contributed by atoms with van der Waals surface area (Å²) in [5, 5.41) is 5.35. The third kappa shape index (κ3) is 3.77. The maximum absolute atomic E-state index is 12.8. The molecule has 3 aromatic rings. The van der Waals surface area contributed by atoms with Gasteiger partial charge >= 0.3 is 0 Å². The highest BCUT2D eigenvalue weighted by atomic mass is 16.5. The maximum Gasteiger partial charge on any atom is 0.274 e. The minimum atomic E-state index is -0.196. The van der Waals surface area contributed by atoms with E-state index in [0.717, 1.165) is 29.5 Å². The molecule has 1 aliphatic rings. The molecule has 152 valence electrons. The number of aryl methyl sites for hydroxylation is 1. The molecular weight excluding hydrogens is 368 g/mol. The van der Waals surface area contributed by atoms with E-state index in [1.54, 1.807) is 4.90 Å². The van der Waals surface area contributed by atoms with Gasteiger partial charge in [-0.3, -0.25) is 9.59 Å². The second-order valence-electron chi connectivity index (χ2n) is 7.82. The zero-order valence-corrected chi connectivity index (χ0v) is 17.0. The molecule has 0 bridgehead atoms. The average molecular weight is 394 g/mol. The van der Waals surface area contributed by atoms with Crippen LogP contribution in [0.1, 0.15) is 43.2 Å². The van der Waals surface area contributed by atoms with Crippen molar-refractivity contribution in [3.63, 3.8) is 0 Å². The zero-order valence-electron chi connectivity index (χ0n) is 17.0. The first-order chi connectivity index (χ1) is 13.9. The molecule has 1 saturated heterocycles. The summed E-state index contributed by atoms with van der Waals surface area (Å²) in [5.41, 5.74) is 1.26. The van der Waals surface area contributed by atoms with Crippen LogP contribution in [0, 0.1) is 0 Å². The lowest BCUT2D eigenvalue weighted by atomic mass is 10.1. The number of carbonyl (C=O) groups is 1. The molecule has 3 heterocycles. The van der Waals surface area contributed by atoms with Crippen LogP contribution in [0.2, 0.25) is 0 Å². The molecule has 0 unspecified atom stereocenters. The average Bonchev–Trinajstić information content (AvgIpc) is 3.10. The molecule has 7 nitrogen and oxygen atoms in total. The summed E-state index contributed by atoms with van der Waals surface area (Å²) < 4.78 is 9.70. The van der Waals surface area contributed by atoms with Gasteiger partial charge in [0.05, 0.1) is 11.6 Å². The monoisotopic (exact) mass is 394 g/mol. The molecule has 7 heteroatoms. The molecular formula is C22H26N4O3. The smallest absolute Gasteiger partial charge is 0.274 e. The van der Waals surface area contributed by atoms with Gasteiger partial charge in [0.25, 0.3) is 11.5 Å². The van der Waals surface area contributed by atoms with Crippen LogP contribution >= 0.6 is 0 Å². The lowest BCUT2D eigenvalue weighted by Gasteiger charge is -2.32. The van der Waals surface area contributed by atoms with E-state index in [1.165, 1.54) is 16.8 Å². The van der Waals surface area contributed by atoms with Crippen LogP contribution in [-0.2, 0) is 7.05 Å². The Hall–Kier alpha value is -3.09. The molecule has 4 rings (SSSR count). The fourth-order valence-corrected chi connectivity index (χ4v) is 3.80. The molecule has 0 radical (unpaired) electrons. The standard InChI is InChI=1S/C22H26N4O3/c1-15(2)26-21(27)8-7-18(23-26)22(28)25-13-9-16(10-14-25)29-20-6-4-5-19-17(20)11-12-24(19)3/h4-8,11-12,15-16H,9-10,13-14H2,1-3H3. The number of nitrogens with zero attached hydrogens (tertiary/aromatic N) is 4. The fourth-order valence-electron chi connectivity index (χ4n) is 3.80. The Labute approximate surface area is 169 Å². The number of benzene rings is 1. The first kappa shape index (κ1) is 19.2. The van der Waals surface area contributed by atoms with Crippen molar-refractivity contribution < 1.29 is 9.53 Å². The van der Waals surface area contributed by atoms with Gasteiger partial charge in [0, 0.05) is 50.6 Å². The Kier molecular flexibility index (Phi) is 5.13. The van der Waals surface area contributed by atoms with E-state index in [-0.39, 0.29) is 23.6 Å². The minimum Gasteiger partial charge on any atom is -0.490 e. The summed E-state index contributed by atoms with van der Waals surface area (Å²) in [5.74, 6) is 0.751. The highest BCUT2D eigenvalue weighted by Crippen LogP contribution is 2.28. The van der Waals surface area contributed by atoms with Gasteiger partial charge in [-0.05, 0) is 38.1 Å². The topological polar surface area (TPSA) is 69.4 Å². The van der Waals surface area contributed by atoms with E-state index in [2.05, 4.69) is 21.8 Å². The molecule has 1 amide bonds. The van der Waals surface area contributed by atoms with Crippen molar-refractivity contribution in [3.8, 4) is 5.75 Å². The molecule has 29 heavy (non-hydrogen) atoms. The number of ether oxygens (including phenoxy) is 1. The lowest BCUT2D eigenvalue weighted by Crippen LogP contribution is -2.42. The van der Waals surface area contributed by atoms with Gasteiger partial charge in [-0.15, -0.1) is 0 Å². The predicted octanol–water partition coefficient (Wildman–Crippen LogP) is 3.00. The van der Waals surface area contributed by atoms with Crippen molar-refractivity contribution in [3.05, 3.63) is 58.6 Å². The van der Waals surface area contributed by atoms with Gasteiger partial charge in [0.1, 0.15) is 17.5 Å². The quantitative estimate of drug-likeness (QED) is 0.682. The number of piperidine rings is 1. The molecule has 0 saturated carbocycles. The Bertz CT molecular complexity index is 1090. The summed E-state index contributed by atoms with van der Waals surface area (Å²) in [6, 6.07) is 11.0. The normalized spacial score (nSPS) is 15.2. The summed E-state index contributed by atoms with van der Waals surface area (Å²) >= 11 is 0. The van der Waals surface area contributed by atoms with Crippen LogP contribution in [0.25, 0.3) is 10.9 Å². The maximum atomic E-state index is 12.8. The van der Waals surface area contributed by atoms with Crippen LogP contribution in [-0.4, -0.2) is 44.3 Å². The van der Waals surface area contributed by atoms with Gasteiger partial charge < -0.3 is 14.2 Å². The summed E-state index contributed by atoms with van der Waals surface area (Å²) in [6.45, 7) is 4.96. The molecule has 1 aliphatic heterocycles. The van der Waals surface area contributed by atoms with Gasteiger partial charge in [-0.25, -0.2) is 4.68 Å². The number of aromatic nitrogens is 3. The molecule has 2 aromatic heterocycles. The number of hydrogen-bond donors (Lipinski definition) is 0. The molecule has 0 atom stereocenters. The Morgan fingerprint density at radius 1 is 1.14 bits per heavy atom. The molecule has 1 aromatic carbocycles. The van der Waals surface area contributed by atoms with Crippen molar-refractivity contribution in [1.82, 2.24) is 19.2 Å². The number of hydrogen-bond acceptors (Lipinski definition) is 4. The largest absolute Gasteiger partial charge is 0.490 e. The fraction of sp³-hybridized carbons (Fsp3) is 0.409. The number of likely N-dealkylation sites (tertiary alicyclic amines) is 1. The van der Waals surface area contributed by atoms with E-state index in [4.69, 9.17) is 4.74 Å². The van der Waals surface area contributed by atoms with E-state index in [9.17, 15) is 9.59 Å². The third-order valence-electron chi connectivity index (χ3n) is 5.44. The number of fused-ring (bicyclic) bond motifs is 1. The third-order valence-corrected chi connectivity index (χ3v) is 5.44. The number of carbonyl (C=O) groups excluding carboxylic acids is 1. The Morgan fingerprint density at radius 2 is 1.90 bits per heavy atom. The predicted molar refractivity (Wildman–Crippen MR) is 111 cm³/mol. The summed E-state index contributed by atoms with van der Waals surface area (Å²) in [4.78, 5) is 26.5. The molecule has 0 N–H and O–H groups in total. The second-order valence-corrected chi connectivity index (χ2v) is 7.82. The number of amides is 1. The van der Waals surface area contributed by atoms with E-state index >= 15 is 0 Å². The lowest BCUT2D eigenvalue weighted by molar-refractivity contribution is 0.0589. The second kappa shape index (κ2) is 7.73. The highest BCUT2D eigenvalue weighted by molar-refractivity contribution is 5.92. The van der Waals surface area contributed by atoms with Crippen LogP contribution in [0.4, 0.5) is 0 Å². The van der Waals surface area contributed by atoms with Gasteiger partial charge in [-0.2, -0.15) is 5.10 Å². The van der Waals surface area contributed by atoms with Crippen LogP contribution in [0.5, 0.6) is 5.75 Å². The first-order valence-corrected chi connectivity index (χ1v) is 10.0. The van der Waals surface area contributed by atoms with Crippen molar-refractivity contribution >= 4 is 16.8 Å². The SMILES string of the molecule is CC(C)n1nc(C(=O)N2CCC(Oc3cccc4c3ccn4C)CC2)ccc1=O. The van der Waals surface area contributed by atoms with Crippen molar-refractivity contribution in [1.29, 1.82) is 0 Å². The van der Waals surface area contributed by atoms with Gasteiger partial charge in [-0.1, -0.05) is 6.07 Å². The zero-order chi connectivity index (χ0) is 20.5. The molecule has 0 spiro atoms. The number of rotatable bonds is 4. The Balaban J connectivity index is 1.42. The summed E-state index contributed by atoms with van der Waals surface area (Å²) in [7, 11) is 2.02. The van der Waals surface area contributed by atoms with Crippen LogP contribution in [0.3, 0.4) is 0 Å². The van der Waals surface area contributed by atoms with Crippen molar-refractivity contribution in [2.24, 2.45) is 7.05 Å². The van der Waals surface area contributed by atoms with Gasteiger partial charge in [0.15, 0.2) is 0 Å². The van der Waals surface area contributed by atoms with Crippen LogP contribution < -0.4 is 10.3 Å². The highest BCUT2D eigenvalue weighted by Gasteiger charge is 2.26. The summed E-state index contributed by atoms with van der Waals surface area (Å²) in [6.07, 6.45) is 3.63. The van der Waals surface area contributed by atoms with E-state index < -0.39 is 0 Å². The van der Waals surface area contributed by atoms with Crippen molar-refractivity contribution in [2.75, 3.05) is 13.1 Å². The molecule has 1 fully saturated rings. The van der Waals surface area contributed by atoms with Crippen LogP contribution in [0.15, 0.2) is 47.4 Å². The van der Waals surface area contributed by atoms with Crippen molar-refractivity contribution in [2.45, 2.75) is 38.8 Å². The molecule has 0 aliphatic carbocycles. The Morgan fingerprint density at radius 3 is 2.62 bits per heavy atom.